The summed E-state index contributed by atoms with van der Waals surface area (Å²) < 4.78 is 0. The van der Waals surface area contributed by atoms with Gasteiger partial charge in [0.05, 0.1) is 0 Å². The van der Waals surface area contributed by atoms with Crippen molar-refractivity contribution in [2.45, 2.75) is 34.2 Å². The second kappa shape index (κ2) is 6.76. The fourth-order valence-electron chi connectivity index (χ4n) is 3.47. The molecule has 2 nitrogen and oxygen atoms in total. The van der Waals surface area contributed by atoms with E-state index in [1.807, 2.05) is 0 Å². The lowest BCUT2D eigenvalue weighted by molar-refractivity contribution is 0.249. The van der Waals surface area contributed by atoms with Crippen molar-refractivity contribution in [2.24, 2.45) is 0 Å². The Balaban J connectivity index is 1.63. The lowest BCUT2D eigenvalue weighted by Gasteiger charge is -2.37. The minimum atomic E-state index is 1.08. The molecule has 2 heteroatoms. The molecule has 0 bridgehead atoms. The Hall–Kier alpha value is -1.80. The van der Waals surface area contributed by atoms with E-state index in [4.69, 9.17) is 0 Å². The third-order valence-electron chi connectivity index (χ3n) is 4.97. The largest absolute Gasteiger partial charge is 0.369 e. The number of anilines is 1. The third-order valence-corrected chi connectivity index (χ3v) is 4.97. The number of benzene rings is 2. The van der Waals surface area contributed by atoms with Crippen LogP contribution in [0.15, 0.2) is 36.4 Å². The first-order valence-corrected chi connectivity index (χ1v) is 8.63. The first-order valence-electron chi connectivity index (χ1n) is 8.63. The molecule has 1 heterocycles. The van der Waals surface area contributed by atoms with E-state index in [0.717, 1.165) is 32.7 Å². The van der Waals surface area contributed by atoms with Crippen molar-refractivity contribution in [3.63, 3.8) is 0 Å². The molecule has 0 aromatic heterocycles. The SMILES string of the molecule is Cc1ccc(CN2CCN(c3cc(C)ccc3C)CC2)c(C)c1. The van der Waals surface area contributed by atoms with Gasteiger partial charge >= 0.3 is 0 Å². The third kappa shape index (κ3) is 3.76. The van der Waals surface area contributed by atoms with E-state index in [1.54, 1.807) is 0 Å². The van der Waals surface area contributed by atoms with Crippen LogP contribution in [0.1, 0.15) is 27.8 Å². The topological polar surface area (TPSA) is 6.48 Å². The molecule has 2 aromatic carbocycles. The second-order valence-electron chi connectivity index (χ2n) is 6.98. The number of nitrogens with zero attached hydrogens (tertiary/aromatic N) is 2. The van der Waals surface area contributed by atoms with Crippen molar-refractivity contribution in [1.29, 1.82) is 0 Å². The Morgan fingerprint density at radius 2 is 1.39 bits per heavy atom. The van der Waals surface area contributed by atoms with Crippen LogP contribution in [0, 0.1) is 27.7 Å². The summed E-state index contributed by atoms with van der Waals surface area (Å²) in [5.74, 6) is 0. The van der Waals surface area contributed by atoms with Crippen molar-refractivity contribution >= 4 is 5.69 Å². The monoisotopic (exact) mass is 308 g/mol. The number of hydrogen-bond donors (Lipinski definition) is 0. The van der Waals surface area contributed by atoms with Gasteiger partial charge in [-0.1, -0.05) is 35.9 Å². The van der Waals surface area contributed by atoms with Gasteiger partial charge < -0.3 is 4.90 Å². The molecule has 2 aromatic rings. The molecule has 122 valence electrons. The summed E-state index contributed by atoms with van der Waals surface area (Å²) in [5, 5.41) is 0. The van der Waals surface area contributed by atoms with Gasteiger partial charge in [-0.3, -0.25) is 4.90 Å². The van der Waals surface area contributed by atoms with Gasteiger partial charge in [0.25, 0.3) is 0 Å². The Morgan fingerprint density at radius 3 is 2.09 bits per heavy atom. The smallest absolute Gasteiger partial charge is 0.0399 e. The molecule has 1 aliphatic rings. The Labute approximate surface area is 140 Å². The molecule has 1 fully saturated rings. The highest BCUT2D eigenvalue weighted by Gasteiger charge is 2.19. The molecule has 0 unspecified atom stereocenters. The molecule has 23 heavy (non-hydrogen) atoms. The molecule has 0 saturated carbocycles. The van der Waals surface area contributed by atoms with Gasteiger partial charge in [-0.2, -0.15) is 0 Å². The van der Waals surface area contributed by atoms with Gasteiger partial charge in [-0.25, -0.2) is 0 Å². The summed E-state index contributed by atoms with van der Waals surface area (Å²) >= 11 is 0. The molecule has 3 rings (SSSR count). The zero-order valence-corrected chi connectivity index (χ0v) is 14.9. The van der Waals surface area contributed by atoms with Gasteiger partial charge in [-0.05, 0) is 56.0 Å². The van der Waals surface area contributed by atoms with Gasteiger partial charge in [0.2, 0.25) is 0 Å². The van der Waals surface area contributed by atoms with Gasteiger partial charge in [-0.15, -0.1) is 0 Å². The highest BCUT2D eigenvalue weighted by atomic mass is 15.3. The summed E-state index contributed by atoms with van der Waals surface area (Å²) in [6.45, 7) is 14.4. The van der Waals surface area contributed by atoms with Gasteiger partial charge in [0, 0.05) is 38.4 Å². The fourth-order valence-corrected chi connectivity index (χ4v) is 3.47. The maximum Gasteiger partial charge on any atom is 0.0399 e. The maximum absolute atomic E-state index is 2.58. The molecule has 0 aliphatic carbocycles. The second-order valence-corrected chi connectivity index (χ2v) is 6.98. The van der Waals surface area contributed by atoms with Crippen LogP contribution in [0.2, 0.25) is 0 Å². The normalized spacial score (nSPS) is 15.9. The van der Waals surface area contributed by atoms with Crippen LogP contribution >= 0.6 is 0 Å². The lowest BCUT2D eigenvalue weighted by atomic mass is 10.0. The van der Waals surface area contributed by atoms with Crippen LogP contribution in [-0.4, -0.2) is 31.1 Å². The van der Waals surface area contributed by atoms with E-state index < -0.39 is 0 Å². The number of piperazine rings is 1. The van der Waals surface area contributed by atoms with E-state index in [1.165, 1.54) is 33.5 Å². The molecule has 0 N–H and O–H groups in total. The summed E-state index contributed by atoms with van der Waals surface area (Å²) in [6.07, 6.45) is 0. The molecule has 1 saturated heterocycles. The first-order chi connectivity index (χ1) is 11.0. The fraction of sp³-hybridized carbons (Fsp3) is 0.429. The number of rotatable bonds is 3. The molecular formula is C21H28N2. The Morgan fingerprint density at radius 1 is 0.739 bits per heavy atom. The van der Waals surface area contributed by atoms with Crippen LogP contribution in [0.25, 0.3) is 0 Å². The van der Waals surface area contributed by atoms with Gasteiger partial charge in [0.1, 0.15) is 0 Å². The highest BCUT2D eigenvalue weighted by molar-refractivity contribution is 5.55. The molecule has 1 aliphatic heterocycles. The minimum absolute atomic E-state index is 1.08. The average molecular weight is 308 g/mol. The molecule has 0 radical (unpaired) electrons. The predicted octanol–water partition coefficient (Wildman–Crippen LogP) is 4.24. The van der Waals surface area contributed by atoms with Crippen molar-refractivity contribution in [3.05, 3.63) is 64.2 Å². The Bertz CT molecular complexity index is 682. The highest BCUT2D eigenvalue weighted by Crippen LogP contribution is 2.23. The van der Waals surface area contributed by atoms with Crippen LogP contribution in [0.4, 0.5) is 5.69 Å². The van der Waals surface area contributed by atoms with Crippen molar-refractivity contribution in [3.8, 4) is 0 Å². The molecule has 0 amide bonds. The van der Waals surface area contributed by atoms with Crippen molar-refractivity contribution in [1.82, 2.24) is 4.90 Å². The number of hydrogen-bond acceptors (Lipinski definition) is 2. The van der Waals surface area contributed by atoms with E-state index in [0.29, 0.717) is 0 Å². The lowest BCUT2D eigenvalue weighted by Crippen LogP contribution is -2.46. The van der Waals surface area contributed by atoms with Crippen LogP contribution in [0.5, 0.6) is 0 Å². The van der Waals surface area contributed by atoms with Crippen molar-refractivity contribution < 1.29 is 0 Å². The van der Waals surface area contributed by atoms with E-state index in [9.17, 15) is 0 Å². The average Bonchev–Trinajstić information content (AvgIpc) is 2.53. The van der Waals surface area contributed by atoms with E-state index in [-0.39, 0.29) is 0 Å². The van der Waals surface area contributed by atoms with E-state index >= 15 is 0 Å². The Kier molecular flexibility index (Phi) is 4.72. The first kappa shape index (κ1) is 16.1. The van der Waals surface area contributed by atoms with Crippen LogP contribution < -0.4 is 4.90 Å². The quantitative estimate of drug-likeness (QED) is 0.836. The summed E-state index contributed by atoms with van der Waals surface area (Å²) in [5.41, 5.74) is 8.39. The van der Waals surface area contributed by atoms with Crippen molar-refractivity contribution in [2.75, 3.05) is 31.1 Å². The summed E-state index contributed by atoms with van der Waals surface area (Å²) in [4.78, 5) is 5.13. The van der Waals surface area contributed by atoms with E-state index in [2.05, 4.69) is 73.9 Å². The van der Waals surface area contributed by atoms with Crippen LogP contribution in [0.3, 0.4) is 0 Å². The molecule has 0 spiro atoms. The zero-order chi connectivity index (χ0) is 16.4. The molecular weight excluding hydrogens is 280 g/mol. The maximum atomic E-state index is 2.58. The van der Waals surface area contributed by atoms with Crippen LogP contribution in [-0.2, 0) is 6.54 Å². The molecule has 0 atom stereocenters. The summed E-state index contributed by atoms with van der Waals surface area (Å²) in [7, 11) is 0. The standard InChI is InChI=1S/C21H28N2/c1-16-6-8-20(19(4)13-16)15-22-9-11-23(12-10-22)21-14-17(2)5-7-18(21)3/h5-8,13-14H,9-12,15H2,1-4H3. The minimum Gasteiger partial charge on any atom is -0.369 e. The number of aryl methyl sites for hydroxylation is 4. The summed E-state index contributed by atoms with van der Waals surface area (Å²) in [6, 6.07) is 13.6. The predicted molar refractivity (Wildman–Crippen MR) is 99.3 cm³/mol. The van der Waals surface area contributed by atoms with Gasteiger partial charge in [0.15, 0.2) is 0 Å². The zero-order valence-electron chi connectivity index (χ0n) is 14.9.